The number of benzene rings is 2. The molecule has 4 nitrogen and oxygen atoms in total. The molecule has 0 radical (unpaired) electrons. The van der Waals surface area contributed by atoms with E-state index in [2.05, 4.69) is 10.5 Å². The fraction of sp³-hybridized carbons (Fsp3) is 0.391. The van der Waals surface area contributed by atoms with Crippen LogP contribution in [0, 0.1) is 12.8 Å². The summed E-state index contributed by atoms with van der Waals surface area (Å²) in [5, 5.41) is 7.28. The molecule has 0 saturated carbocycles. The van der Waals surface area contributed by atoms with Crippen LogP contribution in [0.2, 0.25) is 10.0 Å². The Kier molecular flexibility index (Phi) is 7.10. The van der Waals surface area contributed by atoms with Crippen molar-refractivity contribution in [1.82, 2.24) is 0 Å². The zero-order chi connectivity index (χ0) is 23.7. The fourth-order valence-electron chi connectivity index (χ4n) is 3.59. The van der Waals surface area contributed by atoms with Crippen molar-refractivity contribution in [1.29, 1.82) is 0 Å². The van der Waals surface area contributed by atoms with E-state index in [1.165, 1.54) is 12.1 Å². The second-order valence-electron chi connectivity index (χ2n) is 8.33. The summed E-state index contributed by atoms with van der Waals surface area (Å²) in [6.07, 6.45) is -4.84. The Morgan fingerprint density at radius 2 is 1.94 bits per heavy atom. The van der Waals surface area contributed by atoms with E-state index in [1.807, 2.05) is 13.8 Å². The first-order valence-corrected chi connectivity index (χ1v) is 10.8. The number of hydrogen-bond acceptors (Lipinski definition) is 4. The normalized spacial score (nSPS) is 18.5. The molecule has 1 aliphatic heterocycles. The van der Waals surface area contributed by atoms with E-state index in [0.717, 1.165) is 0 Å². The number of hydrogen-bond donors (Lipinski definition) is 1. The van der Waals surface area contributed by atoms with Crippen LogP contribution in [0.15, 0.2) is 41.6 Å². The lowest BCUT2D eigenvalue weighted by Gasteiger charge is -2.29. The lowest BCUT2D eigenvalue weighted by atomic mass is 9.86. The molecule has 2 aromatic rings. The van der Waals surface area contributed by atoms with Gasteiger partial charge in [-0.15, -0.1) is 0 Å². The van der Waals surface area contributed by atoms with Crippen molar-refractivity contribution >= 4 is 40.4 Å². The molecule has 172 valence electrons. The molecule has 0 amide bonds. The second-order valence-corrected chi connectivity index (χ2v) is 9.18. The van der Waals surface area contributed by atoms with Crippen molar-refractivity contribution in [2.75, 3.05) is 11.9 Å². The number of nitrogens with zero attached hydrogens (tertiary/aromatic N) is 1. The van der Waals surface area contributed by atoms with Crippen molar-refractivity contribution in [3.63, 3.8) is 0 Å². The standard InChI is InChI=1S/C23H23Cl2F3N2O2/c1-13(2)6-18(31)12-29-20-9-15(4-5-19(20)25)21-11-22(32-30-21,23(26,27)28)16-7-14(3)8-17(24)10-16/h4-5,7-10,13,29H,6,11-12H2,1-3H3. The second kappa shape index (κ2) is 9.32. The van der Waals surface area contributed by atoms with Gasteiger partial charge < -0.3 is 10.2 Å². The molecule has 0 fully saturated rings. The Morgan fingerprint density at radius 3 is 2.56 bits per heavy atom. The number of halogens is 5. The van der Waals surface area contributed by atoms with Gasteiger partial charge in [0.1, 0.15) is 0 Å². The SMILES string of the molecule is Cc1cc(Cl)cc(C2(C(F)(F)F)CC(c3ccc(Cl)c(NCC(=O)CC(C)C)c3)=NO2)c1. The van der Waals surface area contributed by atoms with Gasteiger partial charge in [0.25, 0.3) is 5.60 Å². The number of anilines is 1. The van der Waals surface area contributed by atoms with Crippen molar-refractivity contribution in [3.05, 3.63) is 63.1 Å². The van der Waals surface area contributed by atoms with Gasteiger partial charge in [-0.25, -0.2) is 0 Å². The minimum Gasteiger partial charge on any atom is -0.377 e. The Labute approximate surface area is 194 Å². The maximum Gasteiger partial charge on any atom is 0.435 e. The predicted molar refractivity (Wildman–Crippen MR) is 121 cm³/mol. The van der Waals surface area contributed by atoms with Crippen LogP contribution in [0.3, 0.4) is 0 Å². The van der Waals surface area contributed by atoms with E-state index < -0.39 is 18.2 Å². The summed E-state index contributed by atoms with van der Waals surface area (Å²) in [4.78, 5) is 17.1. The zero-order valence-electron chi connectivity index (χ0n) is 17.8. The highest BCUT2D eigenvalue weighted by molar-refractivity contribution is 6.33. The van der Waals surface area contributed by atoms with Crippen molar-refractivity contribution in [2.45, 2.75) is 45.4 Å². The Balaban J connectivity index is 1.87. The molecule has 1 heterocycles. The Hall–Kier alpha value is -2.25. The van der Waals surface area contributed by atoms with E-state index in [0.29, 0.717) is 28.3 Å². The molecular formula is C23H23Cl2F3N2O2. The van der Waals surface area contributed by atoms with Crippen LogP contribution in [0.5, 0.6) is 0 Å². The van der Waals surface area contributed by atoms with Crippen LogP contribution in [0.4, 0.5) is 18.9 Å². The minimum atomic E-state index is -4.73. The first-order valence-electron chi connectivity index (χ1n) is 10.1. The van der Waals surface area contributed by atoms with Gasteiger partial charge in [-0.2, -0.15) is 13.2 Å². The maximum atomic E-state index is 14.2. The molecule has 0 aliphatic carbocycles. The van der Waals surface area contributed by atoms with Crippen LogP contribution in [-0.2, 0) is 15.2 Å². The maximum absolute atomic E-state index is 14.2. The number of alkyl halides is 3. The highest BCUT2D eigenvalue weighted by Crippen LogP contribution is 2.49. The quantitative estimate of drug-likeness (QED) is 0.462. The number of aryl methyl sites for hydroxylation is 1. The van der Waals surface area contributed by atoms with Gasteiger partial charge in [-0.05, 0) is 42.7 Å². The van der Waals surface area contributed by atoms with E-state index >= 15 is 0 Å². The highest BCUT2D eigenvalue weighted by Gasteiger charge is 2.62. The summed E-state index contributed by atoms with van der Waals surface area (Å²) in [5.41, 5.74) is -1.20. The molecule has 0 bridgehead atoms. The summed E-state index contributed by atoms with van der Waals surface area (Å²) in [5.74, 6) is 0.233. The number of nitrogens with one attached hydrogen (secondary N) is 1. The third kappa shape index (κ3) is 5.21. The van der Waals surface area contributed by atoms with Crippen LogP contribution < -0.4 is 5.32 Å². The molecule has 2 aromatic carbocycles. The van der Waals surface area contributed by atoms with Gasteiger partial charge in [0.05, 0.1) is 23.0 Å². The molecule has 1 atom stereocenters. The Morgan fingerprint density at radius 1 is 1.22 bits per heavy atom. The predicted octanol–water partition coefficient (Wildman–Crippen LogP) is 6.91. The number of Topliss-reactive ketones (excluding diaryl/α,β-unsaturated/α-hetero) is 1. The molecule has 32 heavy (non-hydrogen) atoms. The molecule has 1 N–H and O–H groups in total. The van der Waals surface area contributed by atoms with Gasteiger partial charge in [-0.3, -0.25) is 4.79 Å². The molecule has 0 spiro atoms. The molecule has 3 rings (SSSR count). The first-order chi connectivity index (χ1) is 14.9. The van der Waals surface area contributed by atoms with E-state index in [-0.39, 0.29) is 34.5 Å². The Bertz CT molecular complexity index is 1030. The third-order valence-electron chi connectivity index (χ3n) is 5.11. The largest absolute Gasteiger partial charge is 0.435 e. The highest BCUT2D eigenvalue weighted by atomic mass is 35.5. The summed E-state index contributed by atoms with van der Waals surface area (Å²) >= 11 is 12.2. The van der Waals surface area contributed by atoms with Crippen LogP contribution >= 0.6 is 23.2 Å². The van der Waals surface area contributed by atoms with Gasteiger partial charge >= 0.3 is 6.18 Å². The number of carbonyl (C=O) groups is 1. The van der Waals surface area contributed by atoms with Gasteiger partial charge in [-0.1, -0.05) is 54.3 Å². The summed E-state index contributed by atoms with van der Waals surface area (Å²) < 4.78 is 42.6. The molecule has 1 aliphatic rings. The average Bonchev–Trinajstić information content (AvgIpc) is 3.13. The first kappa shape index (κ1) is 24.4. The van der Waals surface area contributed by atoms with E-state index in [4.69, 9.17) is 28.0 Å². The van der Waals surface area contributed by atoms with Gasteiger partial charge in [0, 0.05) is 29.0 Å². The molecular weight excluding hydrogens is 464 g/mol. The van der Waals surface area contributed by atoms with Gasteiger partial charge in [0.2, 0.25) is 0 Å². The van der Waals surface area contributed by atoms with Gasteiger partial charge in [0.15, 0.2) is 5.78 Å². The van der Waals surface area contributed by atoms with Crippen molar-refractivity contribution in [2.24, 2.45) is 11.1 Å². The summed E-state index contributed by atoms with van der Waals surface area (Å²) in [6, 6.07) is 8.90. The number of carbonyl (C=O) groups excluding carboxylic acids is 1. The van der Waals surface area contributed by atoms with Crippen LogP contribution in [0.1, 0.15) is 43.4 Å². The summed E-state index contributed by atoms with van der Waals surface area (Å²) in [7, 11) is 0. The molecule has 0 aromatic heterocycles. The van der Waals surface area contributed by atoms with Crippen molar-refractivity contribution in [3.8, 4) is 0 Å². The molecule has 9 heteroatoms. The average molecular weight is 487 g/mol. The lowest BCUT2D eigenvalue weighted by molar-refractivity contribution is -0.275. The zero-order valence-corrected chi connectivity index (χ0v) is 19.3. The third-order valence-corrected chi connectivity index (χ3v) is 5.65. The number of rotatable bonds is 7. The fourth-order valence-corrected chi connectivity index (χ4v) is 4.06. The van der Waals surface area contributed by atoms with E-state index in [9.17, 15) is 18.0 Å². The van der Waals surface area contributed by atoms with Crippen LogP contribution in [-0.4, -0.2) is 24.2 Å². The lowest BCUT2D eigenvalue weighted by Crippen LogP contribution is -2.42. The number of ketones is 1. The summed E-state index contributed by atoms with van der Waals surface area (Å²) in [6.45, 7) is 5.61. The smallest absolute Gasteiger partial charge is 0.377 e. The monoisotopic (exact) mass is 486 g/mol. The van der Waals surface area contributed by atoms with Crippen molar-refractivity contribution < 1.29 is 22.8 Å². The van der Waals surface area contributed by atoms with E-state index in [1.54, 1.807) is 31.2 Å². The molecule has 1 unspecified atom stereocenters. The topological polar surface area (TPSA) is 50.7 Å². The van der Waals surface area contributed by atoms with Crippen LogP contribution in [0.25, 0.3) is 0 Å². The number of oxime groups is 1. The minimum absolute atomic E-state index is 0.00965. The molecule has 0 saturated heterocycles.